The number of ether oxygens (including phenoxy) is 1. The van der Waals surface area contributed by atoms with Crippen LogP contribution in [0.4, 0.5) is 4.39 Å². The molecule has 0 bridgehead atoms. The third-order valence-electron chi connectivity index (χ3n) is 2.67. The van der Waals surface area contributed by atoms with Gasteiger partial charge < -0.3 is 4.74 Å². The van der Waals surface area contributed by atoms with Crippen LogP contribution in [0.3, 0.4) is 0 Å². The van der Waals surface area contributed by atoms with Crippen molar-refractivity contribution in [3.05, 3.63) is 61.4 Å². The Bertz CT molecular complexity index is 658. The molecule has 2 nitrogen and oxygen atoms in total. The summed E-state index contributed by atoms with van der Waals surface area (Å²) >= 11 is 5.34. The second kappa shape index (κ2) is 6.67. The van der Waals surface area contributed by atoms with Gasteiger partial charge in [-0.25, -0.2) is 4.39 Å². The van der Waals surface area contributed by atoms with Crippen molar-refractivity contribution in [2.45, 2.75) is 6.92 Å². The lowest BCUT2D eigenvalue weighted by molar-refractivity contribution is 0.103. The van der Waals surface area contributed by atoms with E-state index in [0.29, 0.717) is 31.5 Å². The Labute approximate surface area is 138 Å². The van der Waals surface area contributed by atoms with Crippen LogP contribution < -0.4 is 4.74 Å². The number of rotatable bonds is 4. The minimum Gasteiger partial charge on any atom is -0.494 e. The van der Waals surface area contributed by atoms with Crippen LogP contribution >= 0.6 is 38.5 Å². The van der Waals surface area contributed by atoms with Crippen LogP contribution in [-0.4, -0.2) is 12.4 Å². The van der Waals surface area contributed by atoms with Crippen molar-refractivity contribution in [2.24, 2.45) is 0 Å². The summed E-state index contributed by atoms with van der Waals surface area (Å²) in [6, 6.07) is 9.35. The van der Waals surface area contributed by atoms with E-state index in [1.165, 1.54) is 18.2 Å². The lowest BCUT2D eigenvalue weighted by Gasteiger charge is -2.08. The van der Waals surface area contributed by atoms with Crippen LogP contribution in [0.25, 0.3) is 0 Å². The van der Waals surface area contributed by atoms with Crippen molar-refractivity contribution in [3.8, 4) is 5.75 Å². The molecule has 5 heteroatoms. The van der Waals surface area contributed by atoms with E-state index < -0.39 is 0 Å². The molecule has 20 heavy (non-hydrogen) atoms. The molecular formula is C15H11BrFIO2. The van der Waals surface area contributed by atoms with Gasteiger partial charge in [-0.15, -0.1) is 0 Å². The van der Waals surface area contributed by atoms with E-state index in [0.717, 1.165) is 0 Å². The van der Waals surface area contributed by atoms with Crippen LogP contribution in [0, 0.1) is 9.39 Å². The summed E-state index contributed by atoms with van der Waals surface area (Å²) in [7, 11) is 0. The first-order valence-electron chi connectivity index (χ1n) is 5.95. The summed E-state index contributed by atoms with van der Waals surface area (Å²) < 4.78 is 19.7. The zero-order valence-electron chi connectivity index (χ0n) is 10.6. The second-order valence-corrected chi connectivity index (χ2v) is 6.04. The quantitative estimate of drug-likeness (QED) is 0.495. The number of carbonyl (C=O) groups is 1. The first-order valence-corrected chi connectivity index (χ1v) is 7.82. The van der Waals surface area contributed by atoms with Gasteiger partial charge in [-0.1, -0.05) is 0 Å². The molecule has 2 aromatic carbocycles. The van der Waals surface area contributed by atoms with E-state index in [9.17, 15) is 9.18 Å². The SMILES string of the molecule is CCOc1ccc(C(=O)c2ccc(F)cc2I)c(Br)c1. The minimum absolute atomic E-state index is 0.149. The molecule has 0 aliphatic rings. The molecule has 104 valence electrons. The van der Waals surface area contributed by atoms with Gasteiger partial charge in [0, 0.05) is 19.2 Å². The zero-order valence-corrected chi connectivity index (χ0v) is 14.4. The monoisotopic (exact) mass is 448 g/mol. The van der Waals surface area contributed by atoms with Gasteiger partial charge in [0.1, 0.15) is 11.6 Å². The van der Waals surface area contributed by atoms with Crippen LogP contribution in [0.2, 0.25) is 0 Å². The van der Waals surface area contributed by atoms with Gasteiger partial charge in [0.2, 0.25) is 0 Å². The molecule has 0 aliphatic heterocycles. The molecule has 2 aromatic rings. The fourth-order valence-electron chi connectivity index (χ4n) is 1.76. The molecule has 0 amide bonds. The van der Waals surface area contributed by atoms with Crippen LogP contribution in [0.15, 0.2) is 40.9 Å². The van der Waals surface area contributed by atoms with Crippen molar-refractivity contribution in [3.63, 3.8) is 0 Å². The molecule has 0 heterocycles. The Hall–Kier alpha value is -0.950. The van der Waals surface area contributed by atoms with Crippen molar-refractivity contribution < 1.29 is 13.9 Å². The Morgan fingerprint density at radius 1 is 1.25 bits per heavy atom. The lowest BCUT2D eigenvalue weighted by atomic mass is 10.0. The first-order chi connectivity index (χ1) is 9.52. The largest absolute Gasteiger partial charge is 0.494 e. The number of carbonyl (C=O) groups excluding carboxylic acids is 1. The summed E-state index contributed by atoms with van der Waals surface area (Å²) in [5, 5.41) is 0. The molecule has 0 N–H and O–H groups in total. The van der Waals surface area contributed by atoms with Gasteiger partial charge in [0.15, 0.2) is 5.78 Å². The average Bonchev–Trinajstić information content (AvgIpc) is 2.38. The lowest BCUT2D eigenvalue weighted by Crippen LogP contribution is -2.05. The summed E-state index contributed by atoms with van der Waals surface area (Å²) in [4.78, 5) is 12.5. The molecule has 0 atom stereocenters. The van der Waals surface area contributed by atoms with Crippen LogP contribution in [0.1, 0.15) is 22.8 Å². The number of hydrogen-bond acceptors (Lipinski definition) is 2. The molecule has 0 radical (unpaired) electrons. The van der Waals surface area contributed by atoms with Crippen molar-refractivity contribution >= 4 is 44.3 Å². The van der Waals surface area contributed by atoms with E-state index in [4.69, 9.17) is 4.74 Å². The van der Waals surface area contributed by atoms with Crippen molar-refractivity contribution in [1.82, 2.24) is 0 Å². The summed E-state index contributed by atoms with van der Waals surface area (Å²) in [5.74, 6) is 0.200. The summed E-state index contributed by atoms with van der Waals surface area (Å²) in [6.45, 7) is 2.46. The standard InChI is InChI=1S/C15H11BrFIO2/c1-2-20-10-4-6-11(13(16)8-10)15(19)12-5-3-9(17)7-14(12)18/h3-8H,2H2,1H3. The molecule has 0 saturated heterocycles. The summed E-state index contributed by atoms with van der Waals surface area (Å²) in [5.41, 5.74) is 1.01. The smallest absolute Gasteiger partial charge is 0.195 e. The predicted molar refractivity (Wildman–Crippen MR) is 87.9 cm³/mol. The van der Waals surface area contributed by atoms with Crippen LogP contribution in [0.5, 0.6) is 5.75 Å². The molecule has 0 unspecified atom stereocenters. The number of benzene rings is 2. The molecule has 0 aliphatic carbocycles. The third kappa shape index (κ3) is 3.38. The summed E-state index contributed by atoms with van der Waals surface area (Å²) in [6.07, 6.45) is 0. The zero-order chi connectivity index (χ0) is 14.7. The highest BCUT2D eigenvalue weighted by molar-refractivity contribution is 14.1. The number of ketones is 1. The van der Waals surface area contributed by atoms with E-state index >= 15 is 0 Å². The van der Waals surface area contributed by atoms with Gasteiger partial charge >= 0.3 is 0 Å². The molecule has 0 fully saturated rings. The molecule has 0 aromatic heterocycles. The fraction of sp³-hybridized carbons (Fsp3) is 0.133. The van der Waals surface area contributed by atoms with Crippen LogP contribution in [-0.2, 0) is 0 Å². The predicted octanol–water partition coefficient (Wildman–Crippen LogP) is 4.82. The third-order valence-corrected chi connectivity index (χ3v) is 4.22. The highest BCUT2D eigenvalue weighted by Gasteiger charge is 2.16. The normalized spacial score (nSPS) is 10.4. The van der Waals surface area contributed by atoms with Gasteiger partial charge in [0.05, 0.1) is 6.61 Å². The van der Waals surface area contributed by atoms with Gasteiger partial charge in [-0.05, 0) is 81.8 Å². The Morgan fingerprint density at radius 3 is 2.55 bits per heavy atom. The Balaban J connectivity index is 2.38. The van der Waals surface area contributed by atoms with Gasteiger partial charge in [-0.3, -0.25) is 4.79 Å². The Morgan fingerprint density at radius 2 is 1.95 bits per heavy atom. The fourth-order valence-corrected chi connectivity index (χ4v) is 3.02. The highest BCUT2D eigenvalue weighted by Crippen LogP contribution is 2.27. The van der Waals surface area contributed by atoms with Gasteiger partial charge in [-0.2, -0.15) is 0 Å². The van der Waals surface area contributed by atoms with E-state index in [-0.39, 0.29) is 11.6 Å². The minimum atomic E-state index is -0.350. The average molecular weight is 449 g/mol. The highest BCUT2D eigenvalue weighted by atomic mass is 127. The van der Waals surface area contributed by atoms with E-state index in [2.05, 4.69) is 15.9 Å². The van der Waals surface area contributed by atoms with Crippen molar-refractivity contribution in [1.29, 1.82) is 0 Å². The van der Waals surface area contributed by atoms with Gasteiger partial charge in [0.25, 0.3) is 0 Å². The van der Waals surface area contributed by atoms with Crippen molar-refractivity contribution in [2.75, 3.05) is 6.61 Å². The molecular weight excluding hydrogens is 438 g/mol. The molecule has 2 rings (SSSR count). The molecule has 0 saturated carbocycles. The second-order valence-electron chi connectivity index (χ2n) is 4.03. The molecule has 0 spiro atoms. The Kier molecular flexibility index (Phi) is 5.15. The topological polar surface area (TPSA) is 26.3 Å². The number of halogens is 3. The first kappa shape index (κ1) is 15.4. The maximum Gasteiger partial charge on any atom is 0.195 e. The number of hydrogen-bond donors (Lipinski definition) is 0. The maximum absolute atomic E-state index is 13.1. The van der Waals surface area contributed by atoms with E-state index in [1.54, 1.807) is 18.2 Å². The maximum atomic E-state index is 13.1. The van der Waals surface area contributed by atoms with E-state index in [1.807, 2.05) is 29.5 Å².